The van der Waals surface area contributed by atoms with E-state index in [0.29, 0.717) is 44.8 Å². The van der Waals surface area contributed by atoms with Crippen molar-refractivity contribution < 1.29 is 14.2 Å². The molecule has 0 spiro atoms. The molecular weight excluding hydrogens is 232 g/mol. The average molecular weight is 250 g/mol. The number of carbonyl (C=O) groups excluding carboxylic acids is 1. The van der Waals surface area contributed by atoms with Gasteiger partial charge < -0.3 is 20.3 Å². The van der Waals surface area contributed by atoms with Gasteiger partial charge in [0.15, 0.2) is 0 Å². The van der Waals surface area contributed by atoms with Gasteiger partial charge in [-0.3, -0.25) is 4.79 Å². The summed E-state index contributed by atoms with van der Waals surface area (Å²) in [7, 11) is 0. The Morgan fingerprint density at radius 2 is 2.00 bits per heavy atom. The molecule has 0 aromatic heterocycles. The molecule has 1 aliphatic rings. The quantitative estimate of drug-likeness (QED) is 0.630. The van der Waals surface area contributed by atoms with Gasteiger partial charge in [-0.2, -0.15) is 0 Å². The van der Waals surface area contributed by atoms with Crippen LogP contribution in [0.2, 0.25) is 0 Å². The molecule has 1 amide bonds. The van der Waals surface area contributed by atoms with E-state index in [1.165, 1.54) is 0 Å². The lowest BCUT2D eigenvalue weighted by molar-refractivity contribution is -0.888. The molecule has 1 aromatic carbocycles. The van der Waals surface area contributed by atoms with Crippen molar-refractivity contribution in [1.82, 2.24) is 0 Å². The van der Waals surface area contributed by atoms with Gasteiger partial charge in [-0.05, 0) is 11.6 Å². The molecule has 0 bridgehead atoms. The highest BCUT2D eigenvalue weighted by Crippen LogP contribution is 2.14. The molecule has 0 saturated carbocycles. The van der Waals surface area contributed by atoms with Gasteiger partial charge in [0.1, 0.15) is 13.1 Å². The predicted octanol–water partition coefficient (Wildman–Crippen LogP) is 0.673. The van der Waals surface area contributed by atoms with E-state index in [-0.39, 0.29) is 4.65 Å². The summed E-state index contributed by atoms with van der Waals surface area (Å²) in [5, 5.41) is 12.3. The van der Waals surface area contributed by atoms with Crippen LogP contribution in [0.3, 0.4) is 0 Å². The first-order valence-electron chi connectivity index (χ1n) is 6.13. The molecule has 1 saturated heterocycles. The Morgan fingerprint density at radius 1 is 1.33 bits per heavy atom. The molecule has 2 rings (SSSR count). The molecule has 5 nitrogen and oxygen atoms in total. The Balaban J connectivity index is 2.03. The second kappa shape index (κ2) is 5.48. The molecule has 18 heavy (non-hydrogen) atoms. The number of hydrogen-bond donors (Lipinski definition) is 1. The van der Waals surface area contributed by atoms with Crippen molar-refractivity contribution in [3.05, 3.63) is 40.6 Å². The van der Waals surface area contributed by atoms with Crippen molar-refractivity contribution in [2.75, 3.05) is 32.8 Å². The number of benzene rings is 1. The van der Waals surface area contributed by atoms with E-state index >= 15 is 0 Å². The number of ether oxygens (including phenoxy) is 1. The fourth-order valence-electron chi connectivity index (χ4n) is 2.20. The number of amides is 1. The minimum absolute atomic E-state index is 0.243. The van der Waals surface area contributed by atoms with Crippen molar-refractivity contribution in [1.29, 1.82) is 0 Å². The standard InChI is InChI=1S/C13H18N2O3/c14-13(16)12-4-2-1-3-11(12)5-6-15(17)7-9-18-10-8-15/h1-4H,5-10H2,(H2,14,16). The highest BCUT2D eigenvalue weighted by Gasteiger charge is 2.21. The van der Waals surface area contributed by atoms with Crippen molar-refractivity contribution >= 4 is 5.91 Å². The highest BCUT2D eigenvalue weighted by atomic mass is 16.6. The van der Waals surface area contributed by atoms with Crippen LogP contribution >= 0.6 is 0 Å². The normalized spacial score (nSPS) is 18.5. The zero-order valence-corrected chi connectivity index (χ0v) is 10.3. The van der Waals surface area contributed by atoms with Crippen LogP contribution in [-0.4, -0.2) is 43.4 Å². The molecule has 1 aromatic rings. The van der Waals surface area contributed by atoms with E-state index in [2.05, 4.69) is 0 Å². The van der Waals surface area contributed by atoms with Gasteiger partial charge in [0.2, 0.25) is 5.91 Å². The SMILES string of the molecule is NC(=O)c1ccccc1CC[N+]1([O-])CCOCC1. The number of rotatable bonds is 4. The summed E-state index contributed by atoms with van der Waals surface area (Å²) < 4.78 is 4.95. The molecular formula is C13H18N2O3. The Kier molecular flexibility index (Phi) is 3.96. The molecule has 1 aliphatic heterocycles. The number of hydroxylamine groups is 3. The van der Waals surface area contributed by atoms with E-state index in [4.69, 9.17) is 10.5 Å². The average Bonchev–Trinajstić information content (AvgIpc) is 2.38. The van der Waals surface area contributed by atoms with Gasteiger partial charge >= 0.3 is 0 Å². The zero-order chi connectivity index (χ0) is 13.0. The Hall–Kier alpha value is -1.43. The van der Waals surface area contributed by atoms with Crippen molar-refractivity contribution in [3.63, 3.8) is 0 Å². The van der Waals surface area contributed by atoms with Crippen molar-refractivity contribution in [2.45, 2.75) is 6.42 Å². The fraction of sp³-hybridized carbons (Fsp3) is 0.462. The van der Waals surface area contributed by atoms with Gasteiger partial charge in [-0.1, -0.05) is 18.2 Å². The molecule has 1 fully saturated rings. The number of hydrogen-bond acceptors (Lipinski definition) is 3. The second-order valence-electron chi connectivity index (χ2n) is 4.61. The molecule has 0 unspecified atom stereocenters. The van der Waals surface area contributed by atoms with E-state index in [0.717, 1.165) is 5.56 Å². The topological polar surface area (TPSA) is 75.4 Å². The van der Waals surface area contributed by atoms with E-state index in [9.17, 15) is 10.0 Å². The second-order valence-corrected chi connectivity index (χ2v) is 4.61. The van der Waals surface area contributed by atoms with Gasteiger partial charge in [0.25, 0.3) is 0 Å². The number of nitrogens with two attached hydrogens (primary N) is 1. The maximum Gasteiger partial charge on any atom is 0.248 e. The number of primary amides is 1. The summed E-state index contributed by atoms with van der Waals surface area (Å²) in [4.78, 5) is 11.3. The van der Waals surface area contributed by atoms with Crippen LogP contribution in [0.4, 0.5) is 0 Å². The third-order valence-electron chi connectivity index (χ3n) is 3.36. The lowest BCUT2D eigenvalue weighted by Gasteiger charge is -2.45. The summed E-state index contributed by atoms with van der Waals surface area (Å²) in [6.45, 7) is 2.47. The van der Waals surface area contributed by atoms with Gasteiger partial charge in [0.05, 0.1) is 19.8 Å². The van der Waals surface area contributed by atoms with Crippen LogP contribution < -0.4 is 5.73 Å². The van der Waals surface area contributed by atoms with Crippen LogP contribution in [0.15, 0.2) is 24.3 Å². The third kappa shape index (κ3) is 3.07. The first-order chi connectivity index (χ1) is 8.61. The van der Waals surface area contributed by atoms with E-state index < -0.39 is 5.91 Å². The molecule has 0 radical (unpaired) electrons. The van der Waals surface area contributed by atoms with Crippen molar-refractivity contribution in [2.24, 2.45) is 5.73 Å². The minimum Gasteiger partial charge on any atom is -0.633 e. The summed E-state index contributed by atoms with van der Waals surface area (Å²) in [6.07, 6.45) is 0.572. The molecule has 5 heteroatoms. The molecule has 0 aliphatic carbocycles. The summed E-state index contributed by atoms with van der Waals surface area (Å²) in [5.41, 5.74) is 6.68. The molecule has 2 N–H and O–H groups in total. The number of morpholine rings is 1. The Bertz CT molecular complexity index is 428. The summed E-state index contributed by atoms with van der Waals surface area (Å²) in [6, 6.07) is 7.19. The maximum atomic E-state index is 12.3. The number of carbonyl (C=O) groups is 1. The van der Waals surface area contributed by atoms with E-state index in [1.54, 1.807) is 12.1 Å². The first kappa shape index (κ1) is 13.0. The Morgan fingerprint density at radius 3 is 2.67 bits per heavy atom. The monoisotopic (exact) mass is 250 g/mol. The smallest absolute Gasteiger partial charge is 0.248 e. The minimum atomic E-state index is -0.440. The zero-order valence-electron chi connectivity index (χ0n) is 10.3. The summed E-state index contributed by atoms with van der Waals surface area (Å²) in [5.74, 6) is -0.440. The van der Waals surface area contributed by atoms with Crippen LogP contribution in [0.5, 0.6) is 0 Å². The Labute approximate surface area is 106 Å². The predicted molar refractivity (Wildman–Crippen MR) is 67.7 cm³/mol. The molecule has 98 valence electrons. The molecule has 1 heterocycles. The number of quaternary nitrogens is 1. The van der Waals surface area contributed by atoms with Gasteiger partial charge in [-0.15, -0.1) is 0 Å². The molecule has 0 atom stereocenters. The maximum absolute atomic E-state index is 12.3. The lowest BCUT2D eigenvalue weighted by atomic mass is 10.0. The van der Waals surface area contributed by atoms with Crippen molar-refractivity contribution in [3.8, 4) is 0 Å². The highest BCUT2D eigenvalue weighted by molar-refractivity contribution is 5.94. The van der Waals surface area contributed by atoms with Crippen LogP contribution in [0.1, 0.15) is 15.9 Å². The third-order valence-corrected chi connectivity index (χ3v) is 3.36. The largest absolute Gasteiger partial charge is 0.633 e. The van der Waals surface area contributed by atoms with Gasteiger partial charge in [-0.25, -0.2) is 0 Å². The van der Waals surface area contributed by atoms with Crippen LogP contribution in [0.25, 0.3) is 0 Å². The first-order valence-corrected chi connectivity index (χ1v) is 6.13. The lowest BCUT2D eigenvalue weighted by Crippen LogP contribution is -2.51. The fourth-order valence-corrected chi connectivity index (χ4v) is 2.20. The van der Waals surface area contributed by atoms with Crippen LogP contribution in [0, 0.1) is 5.21 Å². The number of nitrogens with zero attached hydrogens (tertiary/aromatic N) is 1. The van der Waals surface area contributed by atoms with Crippen LogP contribution in [-0.2, 0) is 11.2 Å². The van der Waals surface area contributed by atoms with Gasteiger partial charge in [0, 0.05) is 12.0 Å². The van der Waals surface area contributed by atoms with E-state index in [1.807, 2.05) is 12.1 Å². The summed E-state index contributed by atoms with van der Waals surface area (Å²) >= 11 is 0.